The molecular formula is C21H16ClN3O2. The lowest BCUT2D eigenvalue weighted by molar-refractivity contribution is 0.465. The second-order valence-corrected chi connectivity index (χ2v) is 6.48. The molecule has 4 aromatic rings. The van der Waals surface area contributed by atoms with E-state index in [2.05, 4.69) is 15.3 Å². The molecule has 0 fully saturated rings. The van der Waals surface area contributed by atoms with Gasteiger partial charge in [0.15, 0.2) is 11.4 Å². The van der Waals surface area contributed by atoms with Gasteiger partial charge in [-0.2, -0.15) is 0 Å². The van der Waals surface area contributed by atoms with Gasteiger partial charge in [0.2, 0.25) is 0 Å². The van der Waals surface area contributed by atoms with E-state index < -0.39 is 0 Å². The van der Waals surface area contributed by atoms with Crippen LogP contribution in [0.25, 0.3) is 11.0 Å². The van der Waals surface area contributed by atoms with Gasteiger partial charge in [0.25, 0.3) is 0 Å². The normalized spacial score (nSPS) is 10.7. The first-order valence-electron chi connectivity index (χ1n) is 8.34. The molecule has 0 aliphatic heterocycles. The summed E-state index contributed by atoms with van der Waals surface area (Å²) in [5.74, 6) is 1.40. The molecule has 2 N–H and O–H groups in total. The fraction of sp³-hybridized carbons (Fsp3) is 0.0476. The number of benzene rings is 2. The maximum Gasteiger partial charge on any atom is 0.161 e. The number of fused-ring (bicyclic) bond motifs is 1. The topological polar surface area (TPSA) is 67.3 Å². The molecule has 0 radical (unpaired) electrons. The zero-order chi connectivity index (χ0) is 18.8. The minimum atomic E-state index is 0.183. The monoisotopic (exact) mass is 377 g/mol. The maximum atomic E-state index is 9.43. The van der Waals surface area contributed by atoms with Crippen LogP contribution in [0.15, 0.2) is 66.9 Å². The predicted octanol–water partition coefficient (Wildman–Crippen LogP) is 5.83. The molecule has 0 amide bonds. The third-order valence-electron chi connectivity index (χ3n) is 4.02. The minimum absolute atomic E-state index is 0.183. The molecule has 0 saturated heterocycles. The van der Waals surface area contributed by atoms with Crippen molar-refractivity contribution in [2.45, 2.75) is 6.92 Å². The molecule has 0 aliphatic rings. The molecule has 0 aliphatic carbocycles. The molecule has 0 saturated carbocycles. The van der Waals surface area contributed by atoms with E-state index in [0.717, 1.165) is 16.8 Å². The summed E-state index contributed by atoms with van der Waals surface area (Å²) in [7, 11) is 0. The van der Waals surface area contributed by atoms with Crippen molar-refractivity contribution in [2.75, 3.05) is 5.32 Å². The highest BCUT2D eigenvalue weighted by atomic mass is 35.5. The Balaban J connectivity index is 1.72. The van der Waals surface area contributed by atoms with E-state index in [1.54, 1.807) is 48.7 Å². The lowest BCUT2D eigenvalue weighted by Gasteiger charge is -2.15. The Morgan fingerprint density at radius 1 is 0.963 bits per heavy atom. The molecule has 0 bridgehead atoms. The average Bonchev–Trinajstić information content (AvgIpc) is 2.65. The van der Waals surface area contributed by atoms with E-state index in [1.807, 2.05) is 25.1 Å². The van der Waals surface area contributed by atoms with Crippen LogP contribution in [-0.2, 0) is 0 Å². The molecule has 5 nitrogen and oxygen atoms in total. The first-order chi connectivity index (χ1) is 13.1. The number of phenolic OH excluding ortho intramolecular Hbond substituents is 1. The Kier molecular flexibility index (Phi) is 4.52. The van der Waals surface area contributed by atoms with E-state index in [1.165, 1.54) is 0 Å². The number of aromatic nitrogens is 2. The fourth-order valence-corrected chi connectivity index (χ4v) is 2.88. The summed E-state index contributed by atoms with van der Waals surface area (Å²) in [6.07, 6.45) is 1.71. The quantitative estimate of drug-likeness (QED) is 0.468. The first-order valence-corrected chi connectivity index (χ1v) is 8.72. The summed E-state index contributed by atoms with van der Waals surface area (Å²) >= 11 is 6.19. The highest BCUT2D eigenvalue weighted by Gasteiger charge is 2.10. The van der Waals surface area contributed by atoms with E-state index >= 15 is 0 Å². The lowest BCUT2D eigenvalue weighted by atomic mass is 10.2. The van der Waals surface area contributed by atoms with Crippen LogP contribution in [0.3, 0.4) is 0 Å². The molecule has 27 heavy (non-hydrogen) atoms. The predicted molar refractivity (Wildman–Crippen MR) is 107 cm³/mol. The zero-order valence-corrected chi connectivity index (χ0v) is 15.2. The second-order valence-electron chi connectivity index (χ2n) is 6.04. The number of anilines is 2. The minimum Gasteiger partial charge on any atom is -0.508 e. The highest BCUT2D eigenvalue weighted by Crippen LogP contribution is 2.35. The molecule has 6 heteroatoms. The van der Waals surface area contributed by atoms with Gasteiger partial charge in [-0.25, -0.2) is 9.97 Å². The number of nitrogens with zero attached hydrogens (tertiary/aromatic N) is 2. The maximum absolute atomic E-state index is 9.43. The first kappa shape index (κ1) is 17.1. The number of nitrogens with one attached hydrogen (secondary N) is 1. The van der Waals surface area contributed by atoms with Gasteiger partial charge < -0.3 is 15.2 Å². The van der Waals surface area contributed by atoms with Crippen molar-refractivity contribution in [2.24, 2.45) is 0 Å². The van der Waals surface area contributed by atoms with E-state index in [0.29, 0.717) is 27.9 Å². The third kappa shape index (κ3) is 3.78. The van der Waals surface area contributed by atoms with Crippen molar-refractivity contribution in [1.29, 1.82) is 0 Å². The molecule has 0 unspecified atom stereocenters. The van der Waals surface area contributed by atoms with Crippen molar-refractivity contribution >= 4 is 34.0 Å². The van der Waals surface area contributed by atoms with Gasteiger partial charge >= 0.3 is 0 Å². The number of pyridine rings is 2. The molecule has 2 aromatic heterocycles. The SMILES string of the molecule is Cc1ccc2c(Nc3cc(Cl)ccc3Oc3ccc(O)cc3)ccnc2n1. The fourth-order valence-electron chi connectivity index (χ4n) is 2.71. The summed E-state index contributed by atoms with van der Waals surface area (Å²) in [4.78, 5) is 8.79. The van der Waals surface area contributed by atoms with Gasteiger partial charge in [-0.05, 0) is 67.6 Å². The smallest absolute Gasteiger partial charge is 0.161 e. The lowest BCUT2D eigenvalue weighted by Crippen LogP contribution is -1.97. The van der Waals surface area contributed by atoms with E-state index in [9.17, 15) is 5.11 Å². The number of hydrogen-bond acceptors (Lipinski definition) is 5. The Morgan fingerprint density at radius 2 is 1.78 bits per heavy atom. The average molecular weight is 378 g/mol. The third-order valence-corrected chi connectivity index (χ3v) is 4.25. The summed E-state index contributed by atoms with van der Waals surface area (Å²) in [5.41, 5.74) is 3.14. The number of aryl methyl sites for hydroxylation is 1. The number of hydrogen-bond donors (Lipinski definition) is 2. The van der Waals surface area contributed by atoms with Crippen molar-refractivity contribution in [1.82, 2.24) is 9.97 Å². The Labute approximate surface area is 161 Å². The molecule has 0 atom stereocenters. The van der Waals surface area contributed by atoms with Crippen LogP contribution in [0.5, 0.6) is 17.2 Å². The number of phenols is 1. The Bertz CT molecular complexity index is 1110. The molecule has 2 heterocycles. The highest BCUT2D eigenvalue weighted by molar-refractivity contribution is 6.31. The zero-order valence-electron chi connectivity index (χ0n) is 14.5. The van der Waals surface area contributed by atoms with Crippen LogP contribution in [0, 0.1) is 6.92 Å². The summed E-state index contributed by atoms with van der Waals surface area (Å²) in [6.45, 7) is 1.93. The standard InChI is InChI=1S/C21H16ClN3O2/c1-13-2-8-17-18(10-11-23-21(17)24-13)25-19-12-14(22)3-9-20(19)27-16-6-4-15(26)5-7-16/h2-12,26H,1H3,(H,23,24,25). The van der Waals surface area contributed by atoms with Crippen molar-refractivity contribution in [3.8, 4) is 17.2 Å². The number of aromatic hydroxyl groups is 1. The van der Waals surface area contributed by atoms with Gasteiger partial charge in [-0.15, -0.1) is 0 Å². The molecule has 134 valence electrons. The Morgan fingerprint density at radius 3 is 2.59 bits per heavy atom. The van der Waals surface area contributed by atoms with Crippen molar-refractivity contribution < 1.29 is 9.84 Å². The molecule has 2 aromatic carbocycles. The van der Waals surface area contributed by atoms with E-state index in [4.69, 9.17) is 16.3 Å². The summed E-state index contributed by atoms with van der Waals surface area (Å²) < 4.78 is 5.96. The van der Waals surface area contributed by atoms with Crippen LogP contribution in [0.4, 0.5) is 11.4 Å². The van der Waals surface area contributed by atoms with E-state index in [-0.39, 0.29) is 5.75 Å². The van der Waals surface area contributed by atoms with Crippen LogP contribution in [0.2, 0.25) is 5.02 Å². The Hall–Kier alpha value is -3.31. The molecule has 0 spiro atoms. The summed E-state index contributed by atoms with van der Waals surface area (Å²) in [5, 5.41) is 14.3. The van der Waals surface area contributed by atoms with Crippen LogP contribution < -0.4 is 10.1 Å². The van der Waals surface area contributed by atoms with Crippen LogP contribution in [-0.4, -0.2) is 15.1 Å². The largest absolute Gasteiger partial charge is 0.508 e. The van der Waals surface area contributed by atoms with Gasteiger partial charge in [-0.1, -0.05) is 11.6 Å². The van der Waals surface area contributed by atoms with Gasteiger partial charge in [0.1, 0.15) is 11.5 Å². The number of rotatable bonds is 4. The summed E-state index contributed by atoms with van der Waals surface area (Å²) in [6, 6.07) is 17.7. The van der Waals surface area contributed by atoms with Gasteiger partial charge in [0, 0.05) is 22.3 Å². The van der Waals surface area contributed by atoms with Gasteiger partial charge in [0.05, 0.1) is 11.4 Å². The molecule has 4 rings (SSSR count). The van der Waals surface area contributed by atoms with Crippen molar-refractivity contribution in [3.05, 3.63) is 77.6 Å². The molecular weight excluding hydrogens is 362 g/mol. The van der Waals surface area contributed by atoms with Crippen molar-refractivity contribution in [3.63, 3.8) is 0 Å². The van der Waals surface area contributed by atoms with Crippen LogP contribution >= 0.6 is 11.6 Å². The number of ether oxygens (including phenoxy) is 1. The van der Waals surface area contributed by atoms with Crippen LogP contribution in [0.1, 0.15) is 5.69 Å². The second kappa shape index (κ2) is 7.13. The van der Waals surface area contributed by atoms with Gasteiger partial charge in [-0.3, -0.25) is 0 Å². The number of halogens is 1.